The fourth-order valence-electron chi connectivity index (χ4n) is 6.14. The average molecular weight is 999 g/mol. The summed E-state index contributed by atoms with van der Waals surface area (Å²) in [6.07, 6.45) is 12.9. The molecule has 0 spiro atoms. The van der Waals surface area contributed by atoms with Gasteiger partial charge in [-0.3, -0.25) is 0 Å². The van der Waals surface area contributed by atoms with Gasteiger partial charge in [-0.25, -0.2) is 28.8 Å². The molecule has 3 heterocycles. The summed E-state index contributed by atoms with van der Waals surface area (Å²) in [4.78, 5) is 69.2. The minimum atomic E-state index is -0.610. The number of rotatable bonds is 26. The Balaban J connectivity index is 0.000000528. The quantitative estimate of drug-likeness (QED) is 0.0457. The van der Waals surface area contributed by atoms with Crippen LogP contribution in [0, 0.1) is 29.6 Å². The summed E-state index contributed by atoms with van der Waals surface area (Å²) in [6.45, 7) is 25.4. The SMILES string of the molecule is CC(C)CCOC(=O)/C=C\C(=O)OC1COC(C(C)C)OC1.CCCC1OCC(OC(=O)/C=C\C(=O)OCCC(C)C)CO1.CCCCC(CC)C1OCC(OC(=O)/C=C\C(=O)OCCC(C)C)CO1. The lowest BCUT2D eigenvalue weighted by molar-refractivity contribution is -0.243. The predicted octanol–water partition coefficient (Wildman–Crippen LogP) is 7.92. The monoisotopic (exact) mass is 999 g/mol. The molecule has 70 heavy (non-hydrogen) atoms. The highest BCUT2D eigenvalue weighted by atomic mass is 16.7. The summed E-state index contributed by atoms with van der Waals surface area (Å²) in [5.74, 6) is -1.45. The van der Waals surface area contributed by atoms with E-state index in [1.807, 2.05) is 62.3 Å². The maximum Gasteiger partial charge on any atom is 0.331 e. The van der Waals surface area contributed by atoms with E-state index in [9.17, 15) is 28.8 Å². The van der Waals surface area contributed by atoms with Crippen LogP contribution in [0.2, 0.25) is 0 Å². The number of unbranched alkanes of at least 4 members (excludes halogenated alkanes) is 1. The van der Waals surface area contributed by atoms with Gasteiger partial charge in [0.25, 0.3) is 0 Å². The van der Waals surface area contributed by atoms with Crippen molar-refractivity contribution < 1.29 is 85.6 Å². The van der Waals surface area contributed by atoms with Crippen LogP contribution in [0.15, 0.2) is 36.5 Å². The van der Waals surface area contributed by atoms with Crippen LogP contribution in [0.1, 0.15) is 134 Å². The highest BCUT2D eigenvalue weighted by Crippen LogP contribution is 2.24. The first-order valence-corrected chi connectivity index (χ1v) is 25.2. The van der Waals surface area contributed by atoms with Crippen molar-refractivity contribution in [2.45, 2.75) is 171 Å². The van der Waals surface area contributed by atoms with Crippen molar-refractivity contribution in [3.05, 3.63) is 36.5 Å². The molecule has 0 aromatic heterocycles. The van der Waals surface area contributed by atoms with Crippen molar-refractivity contribution in [2.75, 3.05) is 59.5 Å². The Kier molecular flexibility index (Phi) is 35.1. The molecule has 1 atom stereocenters. The van der Waals surface area contributed by atoms with Crippen LogP contribution in [-0.4, -0.2) is 132 Å². The fourth-order valence-corrected chi connectivity index (χ4v) is 6.14. The third-order valence-electron chi connectivity index (χ3n) is 10.4. The molecule has 0 aromatic carbocycles. The molecule has 3 saturated heterocycles. The zero-order valence-corrected chi connectivity index (χ0v) is 43.9. The number of carbonyl (C=O) groups is 6. The van der Waals surface area contributed by atoms with Crippen molar-refractivity contribution in [2.24, 2.45) is 29.6 Å². The van der Waals surface area contributed by atoms with Gasteiger partial charge in [0.1, 0.15) is 18.3 Å². The van der Waals surface area contributed by atoms with E-state index >= 15 is 0 Å². The summed E-state index contributed by atoms with van der Waals surface area (Å²) >= 11 is 0. The normalized spacial score (nSPS) is 22.0. The zero-order valence-electron chi connectivity index (χ0n) is 43.9. The first kappa shape index (κ1) is 63.8. The van der Waals surface area contributed by atoms with Crippen LogP contribution in [-0.2, 0) is 85.6 Å². The Labute approximate surface area is 417 Å². The molecule has 3 aliphatic heterocycles. The minimum Gasteiger partial charge on any atom is -0.463 e. The highest BCUT2D eigenvalue weighted by Gasteiger charge is 2.30. The number of carbonyl (C=O) groups excluding carboxylic acids is 6. The van der Waals surface area contributed by atoms with Crippen LogP contribution in [0.25, 0.3) is 0 Å². The third-order valence-corrected chi connectivity index (χ3v) is 10.4. The van der Waals surface area contributed by atoms with Gasteiger partial charge in [-0.15, -0.1) is 0 Å². The third kappa shape index (κ3) is 32.6. The molecule has 0 bridgehead atoms. The lowest BCUT2D eigenvalue weighted by atomic mass is 9.98. The lowest BCUT2D eigenvalue weighted by Crippen LogP contribution is -2.41. The Morgan fingerprint density at radius 2 is 0.771 bits per heavy atom. The number of ether oxygens (including phenoxy) is 12. The van der Waals surface area contributed by atoms with E-state index in [0.717, 1.165) is 94.2 Å². The Hall–Kier alpha value is -4.20. The predicted molar refractivity (Wildman–Crippen MR) is 258 cm³/mol. The fraction of sp³-hybridized carbons (Fsp3) is 0.769. The van der Waals surface area contributed by atoms with Crippen molar-refractivity contribution in [1.82, 2.24) is 0 Å². The van der Waals surface area contributed by atoms with Gasteiger partial charge in [-0.2, -0.15) is 0 Å². The second-order valence-corrected chi connectivity index (χ2v) is 18.7. The van der Waals surface area contributed by atoms with Crippen LogP contribution < -0.4 is 0 Å². The first-order chi connectivity index (χ1) is 33.3. The smallest absolute Gasteiger partial charge is 0.331 e. The molecule has 0 N–H and O–H groups in total. The minimum absolute atomic E-state index is 0.216. The van der Waals surface area contributed by atoms with E-state index in [4.69, 9.17) is 56.8 Å². The lowest BCUT2D eigenvalue weighted by Gasteiger charge is -2.33. The second kappa shape index (κ2) is 38.5. The molecule has 0 radical (unpaired) electrons. The number of esters is 6. The molecule has 402 valence electrons. The number of hydrogen-bond donors (Lipinski definition) is 0. The van der Waals surface area contributed by atoms with Gasteiger partial charge >= 0.3 is 35.8 Å². The van der Waals surface area contributed by atoms with E-state index in [2.05, 4.69) is 13.8 Å². The van der Waals surface area contributed by atoms with E-state index in [1.165, 1.54) is 0 Å². The molecule has 0 amide bonds. The molecule has 18 heteroatoms. The van der Waals surface area contributed by atoms with E-state index in [-0.39, 0.29) is 24.8 Å². The molecule has 0 aromatic rings. The van der Waals surface area contributed by atoms with Crippen LogP contribution in [0.3, 0.4) is 0 Å². The van der Waals surface area contributed by atoms with Crippen molar-refractivity contribution in [1.29, 1.82) is 0 Å². The van der Waals surface area contributed by atoms with Crippen LogP contribution in [0.5, 0.6) is 0 Å². The van der Waals surface area contributed by atoms with Gasteiger partial charge in [0.15, 0.2) is 18.9 Å². The molecule has 3 fully saturated rings. The molecule has 3 rings (SSSR count). The van der Waals surface area contributed by atoms with Gasteiger partial charge in [0.2, 0.25) is 0 Å². The summed E-state index contributed by atoms with van der Waals surface area (Å²) in [5, 5.41) is 0. The Morgan fingerprint density at radius 3 is 1.07 bits per heavy atom. The van der Waals surface area contributed by atoms with Gasteiger partial charge < -0.3 is 56.8 Å². The molecular weight excluding hydrogens is 913 g/mol. The summed E-state index contributed by atoms with van der Waals surface area (Å²) < 4.78 is 63.6. The largest absolute Gasteiger partial charge is 0.463 e. The summed E-state index contributed by atoms with van der Waals surface area (Å²) in [6, 6.07) is 0. The molecule has 3 aliphatic rings. The van der Waals surface area contributed by atoms with Gasteiger partial charge in [-0.05, 0) is 56.3 Å². The maximum atomic E-state index is 11.8. The van der Waals surface area contributed by atoms with E-state index in [1.54, 1.807) is 0 Å². The summed E-state index contributed by atoms with van der Waals surface area (Å²) in [5.41, 5.74) is 0. The molecule has 0 saturated carbocycles. The zero-order chi connectivity index (χ0) is 52.3. The molecular formula is C52H86O18. The van der Waals surface area contributed by atoms with Crippen molar-refractivity contribution in [3.8, 4) is 0 Å². The number of hydrogen-bond acceptors (Lipinski definition) is 18. The average Bonchev–Trinajstić information content (AvgIpc) is 3.31. The molecule has 0 aliphatic carbocycles. The van der Waals surface area contributed by atoms with E-state index in [0.29, 0.717) is 83.1 Å². The van der Waals surface area contributed by atoms with Gasteiger partial charge in [0.05, 0.1) is 59.5 Å². The Bertz CT molecular complexity index is 1550. The molecule has 18 nitrogen and oxygen atoms in total. The van der Waals surface area contributed by atoms with Crippen molar-refractivity contribution in [3.63, 3.8) is 0 Å². The standard InChI is InChI=1S/C20H34O6.2C16H26O6/c1-5-7-8-16(6-2)20-24-13-17(14-25-20)26-19(22)10-9-18(21)23-12-11-15(3)4;1-11(2)7-8-19-14(17)5-6-15(18)22-13-9-20-16(12(3)4)21-10-13;1-4-5-16-20-10-13(11-21-16)22-15(18)7-6-14(17)19-9-8-12(2)3/h9-10,15-17,20H,5-8,11-14H2,1-4H3;5-6,11-13,16H,7-10H2,1-4H3;6-7,12-13,16H,4-5,8-11H2,1-3H3/b10-9-;6-5-;7-6-. The first-order valence-electron chi connectivity index (χ1n) is 25.2. The summed E-state index contributed by atoms with van der Waals surface area (Å²) in [7, 11) is 0. The van der Waals surface area contributed by atoms with Crippen LogP contribution >= 0.6 is 0 Å². The highest BCUT2D eigenvalue weighted by molar-refractivity contribution is 5.93. The van der Waals surface area contributed by atoms with Gasteiger partial charge in [-0.1, -0.05) is 95.4 Å². The van der Waals surface area contributed by atoms with E-state index < -0.39 is 54.1 Å². The Morgan fingerprint density at radius 1 is 0.443 bits per heavy atom. The van der Waals surface area contributed by atoms with Gasteiger partial charge in [0, 0.05) is 48.3 Å². The van der Waals surface area contributed by atoms with Crippen molar-refractivity contribution >= 4 is 35.8 Å². The topological polar surface area (TPSA) is 213 Å². The molecule has 1 unspecified atom stereocenters. The second-order valence-electron chi connectivity index (χ2n) is 18.7. The maximum absolute atomic E-state index is 11.8. The van der Waals surface area contributed by atoms with Crippen LogP contribution in [0.4, 0.5) is 0 Å².